The Balaban J connectivity index is 1.34. The third kappa shape index (κ3) is 5.48. The molecule has 2 aliphatic heterocycles. The van der Waals surface area contributed by atoms with Gasteiger partial charge in [0.1, 0.15) is 0 Å². The van der Waals surface area contributed by atoms with E-state index < -0.39 is 15.3 Å². The van der Waals surface area contributed by atoms with Crippen LogP contribution in [-0.2, 0) is 26.1 Å². The molecule has 12 heteroatoms. The molecule has 2 fully saturated rings. The maximum absolute atomic E-state index is 12.8. The summed E-state index contributed by atoms with van der Waals surface area (Å²) in [6.45, 7) is 4.22. The number of nitrogens with zero attached hydrogens (tertiary/aromatic N) is 5. The van der Waals surface area contributed by atoms with Crippen LogP contribution in [0.5, 0.6) is 0 Å². The summed E-state index contributed by atoms with van der Waals surface area (Å²) in [5.41, 5.74) is 0.541. The third-order valence-corrected chi connectivity index (χ3v) is 8.61. The normalized spacial score (nSPS) is 20.8. The molecular weight excluding hydrogens is 452 g/mol. The average molecular weight is 481 g/mol. The number of aromatic nitrogens is 4. The first kappa shape index (κ1) is 23.1. The van der Waals surface area contributed by atoms with Crippen molar-refractivity contribution in [3.63, 3.8) is 0 Å². The summed E-state index contributed by atoms with van der Waals surface area (Å²) in [6.07, 6.45) is 4.95. The molecule has 2 atom stereocenters. The molecule has 1 aromatic heterocycles. The van der Waals surface area contributed by atoms with Crippen molar-refractivity contribution in [1.29, 1.82) is 0 Å². The highest BCUT2D eigenvalue weighted by molar-refractivity contribution is 8.00. The zero-order valence-corrected chi connectivity index (χ0v) is 19.6. The largest absolute Gasteiger partial charge is 0.376 e. The number of hydrogen-bond acceptors (Lipinski definition) is 8. The molecular formula is C20H28N6O4S2. The Morgan fingerprint density at radius 3 is 2.66 bits per heavy atom. The van der Waals surface area contributed by atoms with E-state index in [1.807, 2.05) is 0 Å². The average Bonchev–Trinajstić information content (AvgIpc) is 3.47. The van der Waals surface area contributed by atoms with Crippen LogP contribution in [0.3, 0.4) is 0 Å². The molecule has 2 aromatic rings. The van der Waals surface area contributed by atoms with E-state index in [0.717, 1.165) is 38.7 Å². The topological polar surface area (TPSA) is 119 Å². The van der Waals surface area contributed by atoms with Gasteiger partial charge in [-0.2, -0.15) is 4.31 Å². The second-order valence-corrected chi connectivity index (χ2v) is 11.3. The van der Waals surface area contributed by atoms with Gasteiger partial charge in [0.15, 0.2) is 0 Å². The molecule has 3 heterocycles. The summed E-state index contributed by atoms with van der Waals surface area (Å²) < 4.78 is 34.4. The van der Waals surface area contributed by atoms with Crippen molar-refractivity contribution in [3.05, 3.63) is 24.3 Å². The fourth-order valence-electron chi connectivity index (χ4n) is 3.80. The number of sulfonamides is 1. The minimum absolute atomic E-state index is 0.0988. The number of thioether (sulfide) groups is 1. The van der Waals surface area contributed by atoms with Crippen LogP contribution in [0, 0.1) is 0 Å². The van der Waals surface area contributed by atoms with Crippen molar-refractivity contribution in [2.75, 3.05) is 25.0 Å². The van der Waals surface area contributed by atoms with Crippen molar-refractivity contribution in [3.8, 4) is 0 Å². The quantitative estimate of drug-likeness (QED) is 0.571. The molecule has 1 amide bonds. The van der Waals surface area contributed by atoms with Crippen LogP contribution in [-0.4, -0.2) is 69.9 Å². The van der Waals surface area contributed by atoms with Gasteiger partial charge in [-0.15, -0.1) is 5.10 Å². The van der Waals surface area contributed by atoms with Crippen LogP contribution in [0.25, 0.3) is 0 Å². The number of carbonyl (C=O) groups excluding carboxylic acids is 1. The Hall–Kier alpha value is -2.02. The third-order valence-electron chi connectivity index (χ3n) is 5.63. The highest BCUT2D eigenvalue weighted by atomic mass is 32.2. The number of amides is 1. The summed E-state index contributed by atoms with van der Waals surface area (Å²) in [4.78, 5) is 12.9. The molecule has 32 heavy (non-hydrogen) atoms. The molecule has 10 nitrogen and oxygen atoms in total. The van der Waals surface area contributed by atoms with Gasteiger partial charge in [0.2, 0.25) is 21.1 Å². The Morgan fingerprint density at radius 1 is 1.22 bits per heavy atom. The lowest BCUT2D eigenvalue weighted by Gasteiger charge is -2.25. The van der Waals surface area contributed by atoms with Crippen LogP contribution in [0.1, 0.15) is 39.0 Å². The van der Waals surface area contributed by atoms with Crippen molar-refractivity contribution in [1.82, 2.24) is 24.5 Å². The van der Waals surface area contributed by atoms with Crippen molar-refractivity contribution >= 4 is 33.4 Å². The fourth-order valence-corrected chi connectivity index (χ4v) is 6.11. The SMILES string of the molecule is C[C@@H](Sc1nnnn1C[C@@H]1CCCO1)C(=O)Nc1ccc(S(=O)(=O)N2CCCCC2)cc1. The van der Waals surface area contributed by atoms with Gasteiger partial charge >= 0.3 is 0 Å². The minimum Gasteiger partial charge on any atom is -0.376 e. The smallest absolute Gasteiger partial charge is 0.243 e. The molecule has 2 aliphatic rings. The lowest BCUT2D eigenvalue weighted by Crippen LogP contribution is -2.35. The van der Waals surface area contributed by atoms with E-state index in [0.29, 0.717) is 30.5 Å². The number of anilines is 1. The first-order chi connectivity index (χ1) is 15.4. The first-order valence-corrected chi connectivity index (χ1v) is 13.2. The molecule has 0 radical (unpaired) electrons. The number of benzene rings is 1. The summed E-state index contributed by atoms with van der Waals surface area (Å²) >= 11 is 1.27. The van der Waals surface area contributed by atoms with Gasteiger partial charge in [-0.25, -0.2) is 13.1 Å². The first-order valence-electron chi connectivity index (χ1n) is 10.9. The number of tetrazole rings is 1. The summed E-state index contributed by atoms with van der Waals surface area (Å²) in [6, 6.07) is 6.32. The van der Waals surface area contributed by atoms with Gasteiger partial charge in [0.25, 0.3) is 0 Å². The minimum atomic E-state index is -3.49. The number of nitrogens with one attached hydrogen (secondary N) is 1. The second kappa shape index (κ2) is 10.3. The van der Waals surface area contributed by atoms with Gasteiger partial charge in [-0.05, 0) is 67.3 Å². The molecule has 0 aliphatic carbocycles. The molecule has 2 saturated heterocycles. The number of ether oxygens (including phenoxy) is 1. The van der Waals surface area contributed by atoms with Crippen LogP contribution >= 0.6 is 11.8 Å². The predicted molar refractivity (Wildman–Crippen MR) is 120 cm³/mol. The summed E-state index contributed by atoms with van der Waals surface area (Å²) in [7, 11) is -3.49. The van der Waals surface area contributed by atoms with Crippen molar-refractivity contribution in [2.24, 2.45) is 0 Å². The molecule has 0 unspecified atom stereocenters. The number of hydrogen-bond donors (Lipinski definition) is 1. The Bertz CT molecular complexity index is 1010. The Labute approximate surface area is 192 Å². The molecule has 0 spiro atoms. The van der Waals surface area contributed by atoms with E-state index in [4.69, 9.17) is 4.74 Å². The van der Waals surface area contributed by atoms with E-state index in [-0.39, 0.29) is 16.9 Å². The highest BCUT2D eigenvalue weighted by Crippen LogP contribution is 2.25. The van der Waals surface area contributed by atoms with Crippen LogP contribution in [0.2, 0.25) is 0 Å². The molecule has 1 aromatic carbocycles. The van der Waals surface area contributed by atoms with Gasteiger partial charge in [0, 0.05) is 25.4 Å². The Kier molecular flexibility index (Phi) is 7.44. The van der Waals surface area contributed by atoms with Crippen LogP contribution in [0.15, 0.2) is 34.3 Å². The van der Waals surface area contributed by atoms with E-state index in [1.54, 1.807) is 35.9 Å². The monoisotopic (exact) mass is 480 g/mol. The van der Waals surface area contributed by atoms with E-state index in [2.05, 4.69) is 20.8 Å². The lowest BCUT2D eigenvalue weighted by atomic mass is 10.2. The second-order valence-electron chi connectivity index (χ2n) is 8.02. The van der Waals surface area contributed by atoms with Gasteiger partial charge in [-0.3, -0.25) is 4.79 Å². The van der Waals surface area contributed by atoms with E-state index >= 15 is 0 Å². The van der Waals surface area contributed by atoms with Crippen LogP contribution < -0.4 is 5.32 Å². The van der Waals surface area contributed by atoms with Crippen molar-refractivity contribution < 1.29 is 17.9 Å². The maximum atomic E-state index is 12.8. The van der Waals surface area contributed by atoms with E-state index in [9.17, 15) is 13.2 Å². The number of carbonyl (C=O) groups is 1. The standard InChI is InChI=1S/C20H28N6O4S2/c1-15(31-20-22-23-24-26(20)14-17-6-5-13-30-17)19(27)21-16-7-9-18(10-8-16)32(28,29)25-11-3-2-4-12-25/h7-10,15,17H,2-6,11-14H2,1H3,(H,21,27)/t15-,17+/m1/s1. The van der Waals surface area contributed by atoms with Crippen molar-refractivity contribution in [2.45, 2.75) is 67.0 Å². The molecule has 1 N–H and O–H groups in total. The molecule has 0 saturated carbocycles. The highest BCUT2D eigenvalue weighted by Gasteiger charge is 2.26. The van der Waals surface area contributed by atoms with Gasteiger partial charge < -0.3 is 10.1 Å². The summed E-state index contributed by atoms with van der Waals surface area (Å²) in [5.74, 6) is -0.215. The predicted octanol–water partition coefficient (Wildman–Crippen LogP) is 2.15. The number of piperidine rings is 1. The zero-order chi connectivity index (χ0) is 22.6. The Morgan fingerprint density at radius 2 is 1.97 bits per heavy atom. The van der Waals surface area contributed by atoms with Crippen LogP contribution in [0.4, 0.5) is 5.69 Å². The maximum Gasteiger partial charge on any atom is 0.243 e. The zero-order valence-electron chi connectivity index (χ0n) is 18.0. The van der Waals surface area contributed by atoms with E-state index in [1.165, 1.54) is 16.1 Å². The molecule has 0 bridgehead atoms. The van der Waals surface area contributed by atoms with Gasteiger partial charge in [0.05, 0.1) is 22.8 Å². The van der Waals surface area contributed by atoms with Gasteiger partial charge in [-0.1, -0.05) is 18.2 Å². The summed E-state index contributed by atoms with van der Waals surface area (Å²) in [5, 5.41) is 14.7. The number of rotatable bonds is 8. The molecule has 174 valence electrons. The lowest BCUT2D eigenvalue weighted by molar-refractivity contribution is -0.115. The fraction of sp³-hybridized carbons (Fsp3) is 0.600. The molecule has 4 rings (SSSR count).